The molecule has 0 fully saturated rings. The molecule has 1 aliphatic rings. The zero-order chi connectivity index (χ0) is 10.2. The van der Waals surface area contributed by atoms with Gasteiger partial charge in [0.05, 0.1) is 6.61 Å². The monoisotopic (exact) mass is 192 g/mol. The van der Waals surface area contributed by atoms with Crippen molar-refractivity contribution in [1.29, 1.82) is 0 Å². The third-order valence-electron chi connectivity index (χ3n) is 2.90. The Morgan fingerprint density at radius 3 is 3.00 bits per heavy atom. The Balaban J connectivity index is 2.38. The highest BCUT2D eigenvalue weighted by molar-refractivity contribution is 5.42. The normalized spacial score (nSPS) is 25.4. The van der Waals surface area contributed by atoms with E-state index in [2.05, 4.69) is 12.1 Å². The molecule has 1 N–H and O–H groups in total. The Kier molecular flexibility index (Phi) is 2.23. The summed E-state index contributed by atoms with van der Waals surface area (Å²) in [5, 5.41) is 9.24. The molecule has 76 valence electrons. The van der Waals surface area contributed by atoms with Crippen LogP contribution in [0.15, 0.2) is 18.2 Å². The molecule has 2 nitrogen and oxygen atoms in total. The number of aliphatic hydroxyl groups is 1. The summed E-state index contributed by atoms with van der Waals surface area (Å²) >= 11 is 0. The number of ether oxygens (including phenoxy) is 1. The molecule has 1 aromatic rings. The van der Waals surface area contributed by atoms with Crippen LogP contribution in [0.5, 0.6) is 5.75 Å². The van der Waals surface area contributed by atoms with Crippen LogP contribution in [0.25, 0.3) is 0 Å². The molecule has 0 aromatic heterocycles. The Morgan fingerprint density at radius 2 is 2.29 bits per heavy atom. The third-order valence-corrected chi connectivity index (χ3v) is 2.90. The van der Waals surface area contributed by atoms with Crippen LogP contribution in [-0.2, 0) is 6.42 Å². The summed E-state index contributed by atoms with van der Waals surface area (Å²) in [7, 11) is 0. The molecule has 0 aliphatic carbocycles. The summed E-state index contributed by atoms with van der Waals surface area (Å²) in [4.78, 5) is 0. The highest BCUT2D eigenvalue weighted by atomic mass is 16.5. The van der Waals surface area contributed by atoms with Crippen molar-refractivity contribution in [1.82, 2.24) is 0 Å². The molecule has 0 radical (unpaired) electrons. The molecule has 1 unspecified atom stereocenters. The second kappa shape index (κ2) is 3.28. The lowest BCUT2D eigenvalue weighted by atomic mass is 9.92. The van der Waals surface area contributed by atoms with Gasteiger partial charge < -0.3 is 9.84 Å². The first-order chi connectivity index (χ1) is 6.64. The van der Waals surface area contributed by atoms with Gasteiger partial charge >= 0.3 is 0 Å². The Bertz CT molecular complexity index is 346. The summed E-state index contributed by atoms with van der Waals surface area (Å²) in [5.74, 6) is 0.968. The van der Waals surface area contributed by atoms with Gasteiger partial charge in [0.15, 0.2) is 0 Å². The number of hydrogen-bond acceptors (Lipinski definition) is 2. The van der Waals surface area contributed by atoms with E-state index in [1.54, 1.807) is 0 Å². The van der Waals surface area contributed by atoms with Crippen LogP contribution in [0.3, 0.4) is 0 Å². The van der Waals surface area contributed by atoms with Gasteiger partial charge in [0.1, 0.15) is 11.4 Å². The zero-order valence-corrected chi connectivity index (χ0v) is 8.71. The van der Waals surface area contributed by atoms with Gasteiger partial charge in [0.25, 0.3) is 0 Å². The molecule has 0 bridgehead atoms. The molecule has 0 saturated carbocycles. The van der Waals surface area contributed by atoms with Crippen LogP contribution in [-0.4, -0.2) is 17.3 Å². The number of benzene rings is 1. The first-order valence-corrected chi connectivity index (χ1v) is 5.03. The highest BCUT2D eigenvalue weighted by Crippen LogP contribution is 2.35. The summed E-state index contributed by atoms with van der Waals surface area (Å²) < 4.78 is 5.85. The largest absolute Gasteiger partial charge is 0.485 e. The summed E-state index contributed by atoms with van der Waals surface area (Å²) in [6.45, 7) is 4.09. The maximum atomic E-state index is 9.24. The molecule has 0 saturated heterocycles. The van der Waals surface area contributed by atoms with Gasteiger partial charge in [-0.05, 0) is 37.8 Å². The first-order valence-electron chi connectivity index (χ1n) is 5.03. The minimum atomic E-state index is -0.390. The number of hydrogen-bond donors (Lipinski definition) is 1. The lowest BCUT2D eigenvalue weighted by molar-refractivity contribution is 0.00750. The van der Waals surface area contributed by atoms with Gasteiger partial charge in [-0.2, -0.15) is 0 Å². The summed E-state index contributed by atoms with van der Waals surface area (Å²) in [5.41, 5.74) is 2.02. The smallest absolute Gasteiger partial charge is 0.129 e. The van der Waals surface area contributed by atoms with E-state index in [9.17, 15) is 5.11 Å². The molecule has 1 aliphatic heterocycles. The molecular formula is C12H16O2. The van der Waals surface area contributed by atoms with Crippen LogP contribution < -0.4 is 4.74 Å². The van der Waals surface area contributed by atoms with Crippen LogP contribution in [0.2, 0.25) is 0 Å². The molecule has 1 aromatic carbocycles. The molecule has 0 amide bonds. The molecule has 0 spiro atoms. The van der Waals surface area contributed by atoms with Crippen molar-refractivity contribution in [2.75, 3.05) is 6.61 Å². The molecular weight excluding hydrogens is 176 g/mol. The highest BCUT2D eigenvalue weighted by Gasteiger charge is 2.31. The van der Waals surface area contributed by atoms with Gasteiger partial charge in [-0.25, -0.2) is 0 Å². The van der Waals surface area contributed by atoms with Gasteiger partial charge in [-0.1, -0.05) is 18.2 Å². The average Bonchev–Trinajstić information content (AvgIpc) is 2.20. The number of para-hydroxylation sites is 1. The second-order valence-electron chi connectivity index (χ2n) is 4.27. The Labute approximate surface area is 84.5 Å². The standard InChI is InChI=1S/C12H16O2/c1-9-4-3-5-10-6-7-12(2,8-13)14-11(9)10/h3-5,13H,6-8H2,1-2H3. The number of fused-ring (bicyclic) bond motifs is 1. The third kappa shape index (κ3) is 1.50. The van der Waals surface area contributed by atoms with Crippen molar-refractivity contribution >= 4 is 0 Å². The Hall–Kier alpha value is -1.02. The minimum absolute atomic E-state index is 0.0841. The lowest BCUT2D eigenvalue weighted by Crippen LogP contribution is -2.40. The van der Waals surface area contributed by atoms with E-state index >= 15 is 0 Å². The fourth-order valence-electron chi connectivity index (χ4n) is 1.86. The van der Waals surface area contributed by atoms with Gasteiger partial charge in [-0.3, -0.25) is 0 Å². The molecule has 14 heavy (non-hydrogen) atoms. The van der Waals surface area contributed by atoms with Crippen molar-refractivity contribution in [2.45, 2.75) is 32.3 Å². The van der Waals surface area contributed by atoms with Crippen molar-refractivity contribution < 1.29 is 9.84 Å². The fourth-order valence-corrected chi connectivity index (χ4v) is 1.86. The van der Waals surface area contributed by atoms with E-state index in [-0.39, 0.29) is 12.2 Å². The van der Waals surface area contributed by atoms with Crippen LogP contribution >= 0.6 is 0 Å². The number of rotatable bonds is 1. The van der Waals surface area contributed by atoms with Crippen LogP contribution in [0, 0.1) is 6.92 Å². The minimum Gasteiger partial charge on any atom is -0.485 e. The molecule has 1 atom stereocenters. The van der Waals surface area contributed by atoms with Crippen LogP contribution in [0.4, 0.5) is 0 Å². The average molecular weight is 192 g/mol. The van der Waals surface area contributed by atoms with E-state index in [1.807, 2.05) is 19.9 Å². The van der Waals surface area contributed by atoms with E-state index in [0.29, 0.717) is 0 Å². The topological polar surface area (TPSA) is 29.5 Å². The maximum Gasteiger partial charge on any atom is 0.129 e. The Morgan fingerprint density at radius 1 is 1.50 bits per heavy atom. The second-order valence-corrected chi connectivity index (χ2v) is 4.27. The van der Waals surface area contributed by atoms with Crippen molar-refractivity contribution in [3.8, 4) is 5.75 Å². The molecule has 2 heteroatoms. The van der Waals surface area contributed by atoms with E-state index in [0.717, 1.165) is 24.2 Å². The van der Waals surface area contributed by atoms with Crippen molar-refractivity contribution in [3.63, 3.8) is 0 Å². The van der Waals surface area contributed by atoms with Crippen molar-refractivity contribution in [3.05, 3.63) is 29.3 Å². The molecule has 2 rings (SSSR count). The quantitative estimate of drug-likeness (QED) is 0.738. The summed E-state index contributed by atoms with van der Waals surface area (Å²) in [6.07, 6.45) is 1.88. The first kappa shape index (κ1) is 9.53. The number of aryl methyl sites for hydroxylation is 2. The maximum absolute atomic E-state index is 9.24. The van der Waals surface area contributed by atoms with Crippen molar-refractivity contribution in [2.24, 2.45) is 0 Å². The molecule has 1 heterocycles. The number of aliphatic hydroxyl groups excluding tert-OH is 1. The van der Waals surface area contributed by atoms with Gasteiger partial charge in [0.2, 0.25) is 0 Å². The van der Waals surface area contributed by atoms with Gasteiger partial charge in [-0.15, -0.1) is 0 Å². The SMILES string of the molecule is Cc1cccc2c1OC(C)(CO)CC2. The van der Waals surface area contributed by atoms with E-state index < -0.39 is 0 Å². The fraction of sp³-hybridized carbons (Fsp3) is 0.500. The van der Waals surface area contributed by atoms with Gasteiger partial charge in [0, 0.05) is 0 Å². The van der Waals surface area contributed by atoms with Crippen LogP contribution in [0.1, 0.15) is 24.5 Å². The zero-order valence-electron chi connectivity index (χ0n) is 8.71. The van der Waals surface area contributed by atoms with E-state index in [4.69, 9.17) is 4.74 Å². The predicted molar refractivity (Wildman–Crippen MR) is 55.6 cm³/mol. The predicted octanol–water partition coefficient (Wildman–Crippen LogP) is 2.07. The lowest BCUT2D eigenvalue weighted by Gasteiger charge is -2.35. The van der Waals surface area contributed by atoms with E-state index in [1.165, 1.54) is 5.56 Å². The summed E-state index contributed by atoms with van der Waals surface area (Å²) in [6, 6.07) is 6.19.